The van der Waals surface area contributed by atoms with Crippen molar-refractivity contribution in [3.05, 3.63) is 71.2 Å². The van der Waals surface area contributed by atoms with Crippen molar-refractivity contribution < 1.29 is 13.7 Å². The highest BCUT2D eigenvalue weighted by Gasteiger charge is 2.30. The molecule has 4 aromatic rings. The average Bonchev–Trinajstić information content (AvgIpc) is 3.41. The number of nitrogens with one attached hydrogen (secondary N) is 1. The predicted octanol–water partition coefficient (Wildman–Crippen LogP) is 4.14. The SMILES string of the molecule is Cc1nc(C(C)(C)NC(=O)c2cc(-c3ccco3)n(-c3cccc(Cl)c3)n2)no1. The molecular formula is C20H18ClN5O3. The van der Waals surface area contributed by atoms with Crippen molar-refractivity contribution in [3.63, 3.8) is 0 Å². The minimum atomic E-state index is -0.848. The van der Waals surface area contributed by atoms with E-state index >= 15 is 0 Å². The molecule has 8 nitrogen and oxygen atoms in total. The summed E-state index contributed by atoms with van der Waals surface area (Å²) in [5.41, 5.74) is 0.691. The van der Waals surface area contributed by atoms with Crippen LogP contribution in [0, 0.1) is 6.92 Å². The summed E-state index contributed by atoms with van der Waals surface area (Å²) in [7, 11) is 0. The maximum Gasteiger partial charge on any atom is 0.272 e. The van der Waals surface area contributed by atoms with Crippen LogP contribution in [0.3, 0.4) is 0 Å². The molecule has 0 aliphatic heterocycles. The van der Waals surface area contributed by atoms with E-state index in [1.807, 2.05) is 12.1 Å². The number of halogens is 1. The summed E-state index contributed by atoms with van der Waals surface area (Å²) in [5, 5.41) is 11.8. The van der Waals surface area contributed by atoms with Gasteiger partial charge >= 0.3 is 0 Å². The summed E-state index contributed by atoms with van der Waals surface area (Å²) in [5.74, 6) is 0.993. The van der Waals surface area contributed by atoms with E-state index in [0.717, 1.165) is 0 Å². The number of rotatable bonds is 5. The second-order valence-corrected chi connectivity index (χ2v) is 7.44. The minimum absolute atomic E-state index is 0.213. The average molecular weight is 412 g/mol. The standard InChI is InChI=1S/C20H18ClN5O3/c1-12-22-19(25-29-12)20(2,3)23-18(27)15-11-16(17-8-5-9-28-17)26(24-15)14-7-4-6-13(21)10-14/h4-11H,1-3H3,(H,23,27). The molecule has 0 aliphatic carbocycles. The Morgan fingerprint density at radius 3 is 2.69 bits per heavy atom. The fourth-order valence-electron chi connectivity index (χ4n) is 2.85. The van der Waals surface area contributed by atoms with E-state index in [1.165, 1.54) is 0 Å². The van der Waals surface area contributed by atoms with E-state index in [2.05, 4.69) is 20.6 Å². The molecule has 1 N–H and O–H groups in total. The number of carbonyl (C=O) groups excluding carboxylic acids is 1. The van der Waals surface area contributed by atoms with Crippen LogP contribution in [0.25, 0.3) is 17.1 Å². The molecule has 0 spiro atoms. The maximum atomic E-state index is 12.9. The monoisotopic (exact) mass is 411 g/mol. The molecule has 0 fully saturated rings. The molecule has 0 aliphatic rings. The fourth-order valence-corrected chi connectivity index (χ4v) is 3.04. The lowest BCUT2D eigenvalue weighted by molar-refractivity contribution is 0.0902. The summed E-state index contributed by atoms with van der Waals surface area (Å²) in [6.07, 6.45) is 1.56. The summed E-state index contributed by atoms with van der Waals surface area (Å²) < 4.78 is 12.2. The third-order valence-electron chi connectivity index (χ3n) is 4.28. The first-order valence-corrected chi connectivity index (χ1v) is 9.24. The molecule has 29 heavy (non-hydrogen) atoms. The highest BCUT2D eigenvalue weighted by atomic mass is 35.5. The van der Waals surface area contributed by atoms with Crippen molar-refractivity contribution in [1.82, 2.24) is 25.2 Å². The fraction of sp³-hybridized carbons (Fsp3) is 0.200. The van der Waals surface area contributed by atoms with Gasteiger partial charge in [0, 0.05) is 18.0 Å². The molecule has 0 saturated heterocycles. The Bertz CT molecular complexity index is 1160. The summed E-state index contributed by atoms with van der Waals surface area (Å²) in [6.45, 7) is 5.27. The third kappa shape index (κ3) is 3.79. The van der Waals surface area contributed by atoms with Gasteiger partial charge in [-0.3, -0.25) is 4.79 Å². The van der Waals surface area contributed by atoms with Crippen molar-refractivity contribution in [2.75, 3.05) is 0 Å². The molecule has 0 atom stereocenters. The van der Waals surface area contributed by atoms with E-state index < -0.39 is 5.54 Å². The van der Waals surface area contributed by atoms with Gasteiger partial charge in [-0.2, -0.15) is 10.1 Å². The summed E-state index contributed by atoms with van der Waals surface area (Å²) >= 11 is 6.13. The van der Waals surface area contributed by atoms with Crippen LogP contribution in [0.1, 0.15) is 36.1 Å². The van der Waals surface area contributed by atoms with Gasteiger partial charge in [0.15, 0.2) is 17.3 Å². The number of carbonyl (C=O) groups is 1. The molecule has 3 heterocycles. The van der Waals surface area contributed by atoms with Gasteiger partial charge in [0.2, 0.25) is 5.89 Å². The molecule has 1 aromatic carbocycles. The van der Waals surface area contributed by atoms with Crippen molar-refractivity contribution in [2.24, 2.45) is 0 Å². The molecule has 0 saturated carbocycles. The molecule has 3 aromatic heterocycles. The zero-order valence-electron chi connectivity index (χ0n) is 16.0. The van der Waals surface area contributed by atoms with Gasteiger partial charge in [-0.05, 0) is 44.2 Å². The van der Waals surface area contributed by atoms with Gasteiger partial charge in [0.05, 0.1) is 17.5 Å². The van der Waals surface area contributed by atoms with E-state index in [-0.39, 0.29) is 11.6 Å². The van der Waals surface area contributed by atoms with Crippen molar-refractivity contribution in [3.8, 4) is 17.1 Å². The van der Waals surface area contributed by atoms with Crippen LogP contribution in [0.4, 0.5) is 0 Å². The highest BCUT2D eigenvalue weighted by Crippen LogP contribution is 2.26. The Labute approximate surface area is 171 Å². The number of aromatic nitrogens is 4. The lowest BCUT2D eigenvalue weighted by Crippen LogP contribution is -2.42. The van der Waals surface area contributed by atoms with E-state index in [4.69, 9.17) is 20.5 Å². The van der Waals surface area contributed by atoms with Crippen LogP contribution in [0.2, 0.25) is 5.02 Å². The van der Waals surface area contributed by atoms with Crippen LogP contribution < -0.4 is 5.32 Å². The molecule has 0 bridgehead atoms. The second kappa shape index (κ2) is 7.21. The zero-order valence-corrected chi connectivity index (χ0v) is 16.8. The van der Waals surface area contributed by atoms with Crippen LogP contribution in [-0.2, 0) is 5.54 Å². The van der Waals surface area contributed by atoms with Crippen LogP contribution >= 0.6 is 11.6 Å². The van der Waals surface area contributed by atoms with E-state index in [0.29, 0.717) is 33.9 Å². The number of amides is 1. The molecule has 1 amide bonds. The largest absolute Gasteiger partial charge is 0.463 e. The van der Waals surface area contributed by atoms with Gasteiger partial charge in [-0.1, -0.05) is 22.8 Å². The lowest BCUT2D eigenvalue weighted by atomic mass is 10.0. The summed E-state index contributed by atoms with van der Waals surface area (Å²) in [6, 6.07) is 12.4. The first-order chi connectivity index (χ1) is 13.8. The van der Waals surface area contributed by atoms with Crippen LogP contribution in [0.5, 0.6) is 0 Å². The molecule has 9 heteroatoms. The van der Waals surface area contributed by atoms with Crippen molar-refractivity contribution >= 4 is 17.5 Å². The Hall–Kier alpha value is -3.39. The van der Waals surface area contributed by atoms with Crippen molar-refractivity contribution in [1.29, 1.82) is 0 Å². The number of benzene rings is 1. The molecular weight excluding hydrogens is 394 g/mol. The second-order valence-electron chi connectivity index (χ2n) is 7.00. The van der Waals surface area contributed by atoms with E-state index in [9.17, 15) is 4.79 Å². The molecule has 4 rings (SSSR count). The smallest absolute Gasteiger partial charge is 0.272 e. The van der Waals surface area contributed by atoms with Crippen LogP contribution in [0.15, 0.2) is 57.7 Å². The first kappa shape index (κ1) is 18.9. The molecule has 148 valence electrons. The van der Waals surface area contributed by atoms with Gasteiger partial charge in [0.25, 0.3) is 5.91 Å². The highest BCUT2D eigenvalue weighted by molar-refractivity contribution is 6.30. The van der Waals surface area contributed by atoms with Gasteiger partial charge in [0.1, 0.15) is 5.69 Å². The number of nitrogens with zero attached hydrogens (tertiary/aromatic N) is 4. The van der Waals surface area contributed by atoms with Crippen LogP contribution in [-0.4, -0.2) is 25.8 Å². The van der Waals surface area contributed by atoms with Crippen molar-refractivity contribution in [2.45, 2.75) is 26.3 Å². The predicted molar refractivity (Wildman–Crippen MR) is 106 cm³/mol. The maximum absolute atomic E-state index is 12.9. The Kier molecular flexibility index (Phi) is 4.71. The Morgan fingerprint density at radius 1 is 1.21 bits per heavy atom. The lowest BCUT2D eigenvalue weighted by Gasteiger charge is -2.21. The van der Waals surface area contributed by atoms with E-state index in [1.54, 1.807) is 62.0 Å². The first-order valence-electron chi connectivity index (χ1n) is 8.87. The van der Waals surface area contributed by atoms with Gasteiger partial charge < -0.3 is 14.3 Å². The molecule has 0 radical (unpaired) electrons. The number of furan rings is 1. The van der Waals surface area contributed by atoms with Gasteiger partial charge in [-0.15, -0.1) is 0 Å². The topological polar surface area (TPSA) is 99.0 Å². The normalized spacial score (nSPS) is 11.6. The molecule has 0 unspecified atom stereocenters. The minimum Gasteiger partial charge on any atom is -0.463 e. The quantitative estimate of drug-likeness (QED) is 0.529. The Morgan fingerprint density at radius 2 is 2.03 bits per heavy atom. The summed E-state index contributed by atoms with van der Waals surface area (Å²) in [4.78, 5) is 17.1. The number of hydrogen-bond donors (Lipinski definition) is 1. The third-order valence-corrected chi connectivity index (χ3v) is 4.52. The number of aryl methyl sites for hydroxylation is 1. The Balaban J connectivity index is 1.71. The van der Waals surface area contributed by atoms with Gasteiger partial charge in [-0.25, -0.2) is 4.68 Å². The zero-order chi connectivity index (χ0) is 20.6. The number of hydrogen-bond acceptors (Lipinski definition) is 6.